The van der Waals surface area contributed by atoms with Crippen molar-refractivity contribution in [1.82, 2.24) is 0 Å². The number of hydrogen-bond acceptors (Lipinski definition) is 3. The summed E-state index contributed by atoms with van der Waals surface area (Å²) in [6.45, 7) is 10.6. The van der Waals surface area contributed by atoms with Gasteiger partial charge < -0.3 is 14.2 Å². The molecule has 1 saturated heterocycles. The van der Waals surface area contributed by atoms with Crippen LogP contribution in [-0.4, -0.2) is 36.1 Å². The van der Waals surface area contributed by atoms with Crippen LogP contribution in [0.25, 0.3) is 0 Å². The average molecular weight is 256 g/mol. The number of fused-ring (bicyclic) bond motifs is 1. The van der Waals surface area contributed by atoms with Crippen LogP contribution in [0.2, 0.25) is 0 Å². The van der Waals surface area contributed by atoms with Crippen molar-refractivity contribution in [1.29, 1.82) is 0 Å². The van der Waals surface area contributed by atoms with Gasteiger partial charge in [0, 0.05) is 6.42 Å². The summed E-state index contributed by atoms with van der Waals surface area (Å²) in [5.74, 6) is 0. The Balaban J connectivity index is 2.14. The van der Waals surface area contributed by atoms with Crippen LogP contribution in [0.4, 0.5) is 0 Å². The molecule has 0 aromatic heterocycles. The highest BCUT2D eigenvalue weighted by Gasteiger charge is 2.54. The monoisotopic (exact) mass is 256 g/mol. The van der Waals surface area contributed by atoms with Crippen LogP contribution < -0.4 is 0 Å². The SMILES string of the molecule is CC(C)O[C@H]1CCC[C@@]2(OC(C)C)C[C@H](C)O[C@@H]12. The first kappa shape index (κ1) is 14.3. The maximum atomic E-state index is 6.28. The molecule has 0 amide bonds. The fraction of sp³-hybridized carbons (Fsp3) is 1.00. The molecule has 4 atom stereocenters. The Kier molecular flexibility index (Phi) is 4.35. The molecule has 1 aliphatic carbocycles. The Hall–Kier alpha value is -0.120. The molecule has 18 heavy (non-hydrogen) atoms. The summed E-state index contributed by atoms with van der Waals surface area (Å²) >= 11 is 0. The van der Waals surface area contributed by atoms with Crippen molar-refractivity contribution in [3.63, 3.8) is 0 Å². The van der Waals surface area contributed by atoms with Gasteiger partial charge in [0.15, 0.2) is 0 Å². The lowest BCUT2D eigenvalue weighted by Gasteiger charge is -2.43. The van der Waals surface area contributed by atoms with Gasteiger partial charge in [0.05, 0.1) is 30.0 Å². The van der Waals surface area contributed by atoms with Crippen molar-refractivity contribution in [3.8, 4) is 0 Å². The molecule has 1 heterocycles. The second kappa shape index (κ2) is 5.48. The van der Waals surface area contributed by atoms with Gasteiger partial charge >= 0.3 is 0 Å². The summed E-state index contributed by atoms with van der Waals surface area (Å²) in [4.78, 5) is 0. The molecule has 2 aliphatic rings. The topological polar surface area (TPSA) is 27.7 Å². The molecule has 1 saturated carbocycles. The summed E-state index contributed by atoms with van der Waals surface area (Å²) in [6, 6.07) is 0. The summed E-state index contributed by atoms with van der Waals surface area (Å²) in [7, 11) is 0. The Morgan fingerprint density at radius 1 is 1.17 bits per heavy atom. The zero-order valence-electron chi connectivity index (χ0n) is 12.4. The first-order chi connectivity index (χ1) is 8.43. The predicted molar refractivity (Wildman–Crippen MR) is 71.8 cm³/mol. The van der Waals surface area contributed by atoms with E-state index in [0.29, 0.717) is 0 Å². The summed E-state index contributed by atoms with van der Waals surface area (Å²) in [5, 5.41) is 0. The van der Waals surface area contributed by atoms with E-state index in [0.717, 1.165) is 19.3 Å². The minimum Gasteiger partial charge on any atom is -0.373 e. The third-order valence-corrected chi connectivity index (χ3v) is 3.87. The zero-order valence-corrected chi connectivity index (χ0v) is 12.4. The van der Waals surface area contributed by atoms with Gasteiger partial charge in [0.2, 0.25) is 0 Å². The van der Waals surface area contributed by atoms with Crippen LogP contribution in [0.3, 0.4) is 0 Å². The van der Waals surface area contributed by atoms with Crippen LogP contribution in [-0.2, 0) is 14.2 Å². The molecule has 0 aromatic rings. The van der Waals surface area contributed by atoms with Crippen molar-refractivity contribution in [2.24, 2.45) is 0 Å². The molecule has 2 rings (SSSR count). The highest BCUT2D eigenvalue weighted by atomic mass is 16.6. The van der Waals surface area contributed by atoms with Crippen LogP contribution in [0.1, 0.15) is 60.3 Å². The molecular weight excluding hydrogens is 228 g/mol. The van der Waals surface area contributed by atoms with E-state index in [-0.39, 0.29) is 36.1 Å². The molecule has 0 aromatic carbocycles. The fourth-order valence-corrected chi connectivity index (χ4v) is 3.58. The lowest BCUT2D eigenvalue weighted by atomic mass is 9.79. The van der Waals surface area contributed by atoms with Gasteiger partial charge in [-0.3, -0.25) is 0 Å². The standard InChI is InChI=1S/C15H28O3/c1-10(2)16-13-7-6-8-15(18-11(3)4)9-12(5)17-14(13)15/h10-14H,6-9H2,1-5H3/t12-,13-,14-,15+/m0/s1. The van der Waals surface area contributed by atoms with Gasteiger partial charge in [-0.2, -0.15) is 0 Å². The second-order valence-electron chi connectivity index (χ2n) is 6.42. The van der Waals surface area contributed by atoms with Crippen molar-refractivity contribution in [2.75, 3.05) is 0 Å². The Morgan fingerprint density at radius 3 is 2.50 bits per heavy atom. The van der Waals surface area contributed by atoms with E-state index in [9.17, 15) is 0 Å². The van der Waals surface area contributed by atoms with E-state index in [1.807, 2.05) is 0 Å². The van der Waals surface area contributed by atoms with E-state index in [4.69, 9.17) is 14.2 Å². The maximum Gasteiger partial charge on any atom is 0.113 e. The molecule has 0 N–H and O–H groups in total. The van der Waals surface area contributed by atoms with Crippen LogP contribution in [0.15, 0.2) is 0 Å². The van der Waals surface area contributed by atoms with Crippen molar-refractivity contribution < 1.29 is 14.2 Å². The summed E-state index contributed by atoms with van der Waals surface area (Å²) in [6.07, 6.45) is 5.49. The number of rotatable bonds is 4. The van der Waals surface area contributed by atoms with E-state index in [1.54, 1.807) is 0 Å². The molecular formula is C15H28O3. The highest BCUT2D eigenvalue weighted by molar-refractivity contribution is 5.04. The molecule has 0 bridgehead atoms. The minimum atomic E-state index is -0.106. The minimum absolute atomic E-state index is 0.106. The van der Waals surface area contributed by atoms with Gasteiger partial charge in [0.25, 0.3) is 0 Å². The molecule has 106 valence electrons. The number of hydrogen-bond donors (Lipinski definition) is 0. The van der Waals surface area contributed by atoms with Crippen molar-refractivity contribution >= 4 is 0 Å². The van der Waals surface area contributed by atoms with Crippen LogP contribution in [0, 0.1) is 0 Å². The zero-order chi connectivity index (χ0) is 13.3. The maximum absolute atomic E-state index is 6.28. The first-order valence-corrected chi connectivity index (χ1v) is 7.41. The molecule has 0 spiro atoms. The molecule has 2 fully saturated rings. The lowest BCUT2D eigenvalue weighted by molar-refractivity contribution is -0.192. The summed E-state index contributed by atoms with van der Waals surface area (Å²) in [5.41, 5.74) is -0.106. The van der Waals surface area contributed by atoms with Crippen LogP contribution in [0.5, 0.6) is 0 Å². The average Bonchev–Trinajstić information content (AvgIpc) is 2.53. The number of ether oxygens (including phenoxy) is 3. The predicted octanol–water partition coefficient (Wildman–Crippen LogP) is 3.31. The largest absolute Gasteiger partial charge is 0.373 e. The molecule has 0 unspecified atom stereocenters. The van der Waals surface area contributed by atoms with E-state index < -0.39 is 0 Å². The quantitative estimate of drug-likeness (QED) is 0.772. The Labute approximate surface area is 111 Å². The second-order valence-corrected chi connectivity index (χ2v) is 6.42. The third kappa shape index (κ3) is 2.89. The normalized spacial score (nSPS) is 40.5. The fourth-order valence-electron chi connectivity index (χ4n) is 3.58. The molecule has 1 aliphatic heterocycles. The van der Waals surface area contributed by atoms with E-state index >= 15 is 0 Å². The van der Waals surface area contributed by atoms with Crippen molar-refractivity contribution in [2.45, 2.75) is 96.4 Å². The Morgan fingerprint density at radius 2 is 1.89 bits per heavy atom. The van der Waals surface area contributed by atoms with E-state index in [1.165, 1.54) is 6.42 Å². The summed E-state index contributed by atoms with van der Waals surface area (Å²) < 4.78 is 18.5. The lowest BCUT2D eigenvalue weighted by Crippen LogP contribution is -2.53. The molecule has 3 nitrogen and oxygen atoms in total. The highest BCUT2D eigenvalue weighted by Crippen LogP contribution is 2.45. The smallest absolute Gasteiger partial charge is 0.113 e. The first-order valence-electron chi connectivity index (χ1n) is 7.41. The van der Waals surface area contributed by atoms with Gasteiger partial charge in [-0.05, 0) is 53.9 Å². The molecule has 3 heteroatoms. The van der Waals surface area contributed by atoms with Crippen LogP contribution >= 0.6 is 0 Å². The van der Waals surface area contributed by atoms with E-state index in [2.05, 4.69) is 34.6 Å². The van der Waals surface area contributed by atoms with Gasteiger partial charge in [-0.1, -0.05) is 0 Å². The Bertz CT molecular complexity index is 277. The molecule has 0 radical (unpaired) electrons. The van der Waals surface area contributed by atoms with Gasteiger partial charge in [0.1, 0.15) is 6.10 Å². The third-order valence-electron chi connectivity index (χ3n) is 3.87. The van der Waals surface area contributed by atoms with Crippen molar-refractivity contribution in [3.05, 3.63) is 0 Å². The van der Waals surface area contributed by atoms with Gasteiger partial charge in [-0.15, -0.1) is 0 Å². The van der Waals surface area contributed by atoms with Gasteiger partial charge in [-0.25, -0.2) is 0 Å².